The van der Waals surface area contributed by atoms with Crippen LogP contribution in [0, 0.1) is 5.92 Å². The van der Waals surface area contributed by atoms with Gasteiger partial charge in [0.25, 0.3) is 0 Å². The van der Waals surface area contributed by atoms with E-state index in [0.717, 1.165) is 6.04 Å². The van der Waals surface area contributed by atoms with Crippen molar-refractivity contribution in [1.29, 1.82) is 0 Å². The van der Waals surface area contributed by atoms with Crippen LogP contribution in [0.3, 0.4) is 0 Å². The molecule has 0 aromatic heterocycles. The minimum absolute atomic E-state index is 0.114. The summed E-state index contributed by atoms with van der Waals surface area (Å²) in [6.45, 7) is 6.85. The molecule has 3 nitrogen and oxygen atoms in total. The monoisotopic (exact) mass is 254 g/mol. The standard InChI is InChI=1S/C15H30N2O/c1-13(18)14-6-10-17(11-7-14)12-8-15-5-3-4-9-16(15)2/h13-15,18H,3-12H2,1-2H3. The van der Waals surface area contributed by atoms with E-state index in [2.05, 4.69) is 16.8 Å². The number of hydrogen-bond donors (Lipinski definition) is 1. The molecule has 0 bridgehead atoms. The molecule has 0 saturated carbocycles. The molecule has 2 unspecified atom stereocenters. The summed E-state index contributed by atoms with van der Waals surface area (Å²) in [5.74, 6) is 0.540. The molecule has 2 saturated heterocycles. The van der Waals surface area contributed by atoms with Gasteiger partial charge >= 0.3 is 0 Å². The molecular weight excluding hydrogens is 224 g/mol. The van der Waals surface area contributed by atoms with Crippen LogP contribution in [0.2, 0.25) is 0 Å². The average Bonchev–Trinajstić information content (AvgIpc) is 2.38. The van der Waals surface area contributed by atoms with Crippen LogP contribution in [-0.2, 0) is 0 Å². The first-order chi connectivity index (χ1) is 8.66. The quantitative estimate of drug-likeness (QED) is 0.831. The highest BCUT2D eigenvalue weighted by Crippen LogP contribution is 2.22. The van der Waals surface area contributed by atoms with Crippen molar-refractivity contribution in [3.8, 4) is 0 Å². The predicted octanol–water partition coefficient (Wildman–Crippen LogP) is 1.95. The molecule has 2 atom stereocenters. The van der Waals surface area contributed by atoms with Crippen molar-refractivity contribution < 1.29 is 5.11 Å². The lowest BCUT2D eigenvalue weighted by Crippen LogP contribution is -2.42. The number of nitrogens with zero attached hydrogens (tertiary/aromatic N) is 2. The van der Waals surface area contributed by atoms with Crippen LogP contribution >= 0.6 is 0 Å². The fraction of sp³-hybridized carbons (Fsp3) is 1.00. The third-order valence-corrected chi connectivity index (χ3v) is 5.01. The molecule has 0 aliphatic carbocycles. The van der Waals surface area contributed by atoms with Crippen molar-refractivity contribution in [2.75, 3.05) is 33.2 Å². The van der Waals surface area contributed by atoms with Gasteiger partial charge in [0.05, 0.1) is 6.10 Å². The van der Waals surface area contributed by atoms with E-state index in [-0.39, 0.29) is 6.10 Å². The molecule has 0 aromatic rings. The van der Waals surface area contributed by atoms with Gasteiger partial charge in [-0.05, 0) is 78.2 Å². The van der Waals surface area contributed by atoms with Crippen molar-refractivity contribution in [1.82, 2.24) is 9.80 Å². The van der Waals surface area contributed by atoms with Crippen LogP contribution in [-0.4, -0.2) is 60.3 Å². The molecule has 106 valence electrons. The molecule has 0 aromatic carbocycles. The summed E-state index contributed by atoms with van der Waals surface area (Å²) >= 11 is 0. The average molecular weight is 254 g/mol. The van der Waals surface area contributed by atoms with Crippen LogP contribution in [0.5, 0.6) is 0 Å². The molecule has 0 amide bonds. The molecule has 0 spiro atoms. The van der Waals surface area contributed by atoms with Crippen LogP contribution in [0.1, 0.15) is 45.4 Å². The largest absolute Gasteiger partial charge is 0.393 e. The molecule has 2 rings (SSSR count). The Morgan fingerprint density at radius 1 is 1.11 bits per heavy atom. The maximum absolute atomic E-state index is 9.61. The lowest BCUT2D eigenvalue weighted by molar-refractivity contribution is 0.0664. The van der Waals surface area contributed by atoms with Crippen molar-refractivity contribution in [3.63, 3.8) is 0 Å². The van der Waals surface area contributed by atoms with E-state index in [1.165, 1.54) is 64.7 Å². The summed E-state index contributed by atoms with van der Waals surface area (Å²) < 4.78 is 0. The third-order valence-electron chi connectivity index (χ3n) is 5.01. The molecule has 2 heterocycles. The van der Waals surface area contributed by atoms with Crippen LogP contribution < -0.4 is 0 Å². The van der Waals surface area contributed by atoms with Gasteiger partial charge in [-0.3, -0.25) is 0 Å². The van der Waals surface area contributed by atoms with E-state index >= 15 is 0 Å². The summed E-state index contributed by atoms with van der Waals surface area (Å²) in [5.41, 5.74) is 0. The van der Waals surface area contributed by atoms with Gasteiger partial charge in [0, 0.05) is 6.04 Å². The summed E-state index contributed by atoms with van der Waals surface area (Å²) in [6.07, 6.45) is 7.76. The van der Waals surface area contributed by atoms with Gasteiger partial charge < -0.3 is 14.9 Å². The van der Waals surface area contributed by atoms with Gasteiger partial charge in [-0.2, -0.15) is 0 Å². The summed E-state index contributed by atoms with van der Waals surface area (Å²) in [6, 6.07) is 0.813. The normalized spacial score (nSPS) is 30.5. The summed E-state index contributed by atoms with van der Waals surface area (Å²) in [7, 11) is 2.28. The minimum Gasteiger partial charge on any atom is -0.393 e. The molecule has 2 aliphatic heterocycles. The Bertz CT molecular complexity index is 237. The van der Waals surface area contributed by atoms with Gasteiger partial charge in [0.15, 0.2) is 0 Å². The van der Waals surface area contributed by atoms with E-state index < -0.39 is 0 Å². The number of aliphatic hydroxyl groups is 1. The lowest BCUT2D eigenvalue weighted by Gasteiger charge is -2.37. The summed E-state index contributed by atoms with van der Waals surface area (Å²) in [5, 5.41) is 9.61. The van der Waals surface area contributed by atoms with E-state index in [1.54, 1.807) is 0 Å². The first-order valence-corrected chi connectivity index (χ1v) is 7.77. The van der Waals surface area contributed by atoms with Gasteiger partial charge in [-0.25, -0.2) is 0 Å². The van der Waals surface area contributed by atoms with E-state index in [4.69, 9.17) is 0 Å². The highest BCUT2D eigenvalue weighted by molar-refractivity contribution is 4.79. The Labute approximate surface area is 112 Å². The highest BCUT2D eigenvalue weighted by atomic mass is 16.3. The first-order valence-electron chi connectivity index (χ1n) is 7.77. The molecule has 2 aliphatic rings. The lowest BCUT2D eigenvalue weighted by atomic mass is 9.92. The highest BCUT2D eigenvalue weighted by Gasteiger charge is 2.24. The fourth-order valence-corrected chi connectivity index (χ4v) is 3.50. The number of hydrogen-bond acceptors (Lipinski definition) is 3. The maximum atomic E-state index is 9.61. The molecule has 3 heteroatoms. The Morgan fingerprint density at radius 3 is 2.44 bits per heavy atom. The van der Waals surface area contributed by atoms with E-state index in [0.29, 0.717) is 5.92 Å². The molecular formula is C15H30N2O. The molecule has 1 N–H and O–H groups in total. The van der Waals surface area contributed by atoms with Crippen LogP contribution in [0.4, 0.5) is 0 Å². The third kappa shape index (κ3) is 3.94. The zero-order valence-electron chi connectivity index (χ0n) is 12.1. The fourth-order valence-electron chi connectivity index (χ4n) is 3.50. The predicted molar refractivity (Wildman–Crippen MR) is 75.7 cm³/mol. The topological polar surface area (TPSA) is 26.7 Å². The molecule has 18 heavy (non-hydrogen) atoms. The number of rotatable bonds is 4. The van der Waals surface area contributed by atoms with Crippen LogP contribution in [0.25, 0.3) is 0 Å². The first kappa shape index (κ1) is 14.3. The van der Waals surface area contributed by atoms with E-state index in [1.807, 2.05) is 6.92 Å². The number of likely N-dealkylation sites (tertiary alicyclic amines) is 2. The van der Waals surface area contributed by atoms with E-state index in [9.17, 15) is 5.11 Å². The van der Waals surface area contributed by atoms with Gasteiger partial charge in [-0.1, -0.05) is 6.42 Å². The second-order valence-electron chi connectivity index (χ2n) is 6.34. The Kier molecular flexibility index (Phi) is 5.46. The maximum Gasteiger partial charge on any atom is 0.0541 e. The Balaban J connectivity index is 1.65. The Morgan fingerprint density at radius 2 is 1.83 bits per heavy atom. The summed E-state index contributed by atoms with van der Waals surface area (Å²) in [4.78, 5) is 5.15. The Hall–Kier alpha value is -0.120. The second kappa shape index (κ2) is 6.88. The van der Waals surface area contributed by atoms with Crippen molar-refractivity contribution in [2.45, 2.75) is 57.6 Å². The van der Waals surface area contributed by atoms with Crippen LogP contribution in [0.15, 0.2) is 0 Å². The zero-order chi connectivity index (χ0) is 13.0. The number of aliphatic hydroxyl groups excluding tert-OH is 1. The second-order valence-corrected chi connectivity index (χ2v) is 6.34. The zero-order valence-corrected chi connectivity index (χ0v) is 12.1. The molecule has 2 fully saturated rings. The van der Waals surface area contributed by atoms with Gasteiger partial charge in [0.1, 0.15) is 0 Å². The van der Waals surface area contributed by atoms with Crippen molar-refractivity contribution >= 4 is 0 Å². The van der Waals surface area contributed by atoms with Gasteiger partial charge in [0.2, 0.25) is 0 Å². The number of piperidine rings is 2. The van der Waals surface area contributed by atoms with Crippen molar-refractivity contribution in [3.05, 3.63) is 0 Å². The smallest absolute Gasteiger partial charge is 0.0541 e. The van der Waals surface area contributed by atoms with Crippen molar-refractivity contribution in [2.24, 2.45) is 5.92 Å². The minimum atomic E-state index is -0.114. The molecule has 0 radical (unpaired) electrons. The SMILES string of the molecule is CC(O)C1CCN(CCC2CCCCN2C)CC1. The van der Waals surface area contributed by atoms with Gasteiger partial charge in [-0.15, -0.1) is 0 Å².